The first kappa shape index (κ1) is 102. The van der Waals surface area contributed by atoms with Crippen LogP contribution in [0.5, 0.6) is 0 Å². The predicted molar refractivity (Wildman–Crippen MR) is 383 cm³/mol. The maximum absolute atomic E-state index is 11.5. The molecule has 6 aliphatic rings. The van der Waals surface area contributed by atoms with Crippen molar-refractivity contribution in [2.24, 2.45) is 85.8 Å². The average Bonchev–Trinajstić information content (AvgIpc) is 0.904. The number of halogens is 12. The van der Waals surface area contributed by atoms with Gasteiger partial charge >= 0.3 is 24.7 Å². The fraction of sp³-hybridized carbons (Fsp3) is 1.00. The van der Waals surface area contributed by atoms with Crippen LogP contribution in [0.25, 0.3) is 0 Å². The highest BCUT2D eigenvalue weighted by atomic mass is 19.4. The van der Waals surface area contributed by atoms with Crippen LogP contribution in [0, 0.1) is 85.8 Å². The second kappa shape index (κ2) is 51.3. The highest BCUT2D eigenvalue weighted by Gasteiger charge is 2.48. The second-order valence-corrected chi connectivity index (χ2v) is 33.7. The number of hydrogen-bond donors (Lipinski definition) is 0. The van der Waals surface area contributed by atoms with E-state index in [1.54, 1.807) is 53.4 Å². The molecule has 1 unspecified atom stereocenters. The first-order valence-electron chi connectivity index (χ1n) is 38.0. The van der Waals surface area contributed by atoms with Crippen molar-refractivity contribution in [2.45, 2.75) is 431 Å². The molecule has 0 aromatic heterocycles. The van der Waals surface area contributed by atoms with Gasteiger partial charge in [-0.3, -0.25) is 0 Å². The first-order valence-corrected chi connectivity index (χ1v) is 38.0. The molecule has 12 heteroatoms. The molecule has 0 radical (unpaired) electrons. The van der Waals surface area contributed by atoms with Gasteiger partial charge in [-0.2, -0.15) is 52.7 Å². The summed E-state index contributed by atoms with van der Waals surface area (Å²) >= 11 is 0. The lowest BCUT2D eigenvalue weighted by atomic mass is 9.51. The summed E-state index contributed by atoms with van der Waals surface area (Å²) in [6.45, 7) is 59.6. The highest BCUT2D eigenvalue weighted by Crippen LogP contribution is 2.60. The molecule has 3 spiro atoms. The summed E-state index contributed by atoms with van der Waals surface area (Å²) in [4.78, 5) is 0. The molecule has 6 rings (SSSR count). The van der Waals surface area contributed by atoms with Crippen LogP contribution in [-0.4, -0.2) is 24.7 Å². The van der Waals surface area contributed by atoms with E-state index in [1.165, 1.54) is 162 Å². The van der Waals surface area contributed by atoms with Gasteiger partial charge in [0.2, 0.25) is 0 Å². The molecular weight excluding hydrogens is 1190 g/mol. The molecule has 0 nitrogen and oxygen atoms in total. The summed E-state index contributed by atoms with van der Waals surface area (Å²) < 4.78 is 137. The van der Waals surface area contributed by atoms with Crippen molar-refractivity contribution >= 4 is 0 Å². The lowest BCUT2D eigenvalue weighted by molar-refractivity contribution is -0.170. The molecule has 0 amide bonds. The topological polar surface area (TPSA) is 0 Å². The Morgan fingerprint density at radius 2 is 0.598 bits per heavy atom. The van der Waals surface area contributed by atoms with E-state index >= 15 is 0 Å². The number of rotatable bonds is 7. The SMILES string of the molecule is CC.CC(C)C.CC(C)C(F)(F)F.CC1CCC2(CC1)CC(C)(C)CC(C)(C)C2.CC1CCC2(CC1)CCC(C)(C)CC2.CC1CCC2(CCCC2)CC1.CCC.CCC(C)C.CCC(C)C(F)(F)F.CCCC.CC[C@H](C)CC(F)(F)F.CC[C@H](C)CC(F)(F)F. The molecule has 0 bridgehead atoms. The zero-order valence-electron chi connectivity index (χ0n) is 66.4. The van der Waals surface area contributed by atoms with E-state index in [-0.39, 0.29) is 18.3 Å². The third-order valence-corrected chi connectivity index (χ3v) is 19.7. The van der Waals surface area contributed by atoms with Gasteiger partial charge < -0.3 is 0 Å². The van der Waals surface area contributed by atoms with E-state index in [1.807, 2.05) is 13.8 Å². The van der Waals surface area contributed by atoms with Crippen molar-refractivity contribution in [1.29, 1.82) is 0 Å². The number of alkyl halides is 12. The van der Waals surface area contributed by atoms with Gasteiger partial charge in [0.1, 0.15) is 0 Å². The zero-order valence-corrected chi connectivity index (χ0v) is 66.4. The summed E-state index contributed by atoms with van der Waals surface area (Å²) in [6, 6.07) is 0. The normalized spacial score (nSPS) is 21.3. The third kappa shape index (κ3) is 60.3. The zero-order chi connectivity index (χ0) is 73.8. The van der Waals surface area contributed by atoms with Crippen molar-refractivity contribution in [2.75, 3.05) is 0 Å². The second-order valence-electron chi connectivity index (χ2n) is 33.7. The summed E-state index contributed by atoms with van der Waals surface area (Å²) in [5, 5.41) is 0. The highest BCUT2D eigenvalue weighted by molar-refractivity contribution is 4.99. The van der Waals surface area contributed by atoms with E-state index in [9.17, 15) is 52.7 Å². The predicted octanol–water partition coefficient (Wildman–Crippen LogP) is 32.7. The Balaban J connectivity index is -0.000000228. The summed E-state index contributed by atoms with van der Waals surface area (Å²) in [6.07, 6.45) is 24.0. The van der Waals surface area contributed by atoms with Gasteiger partial charge in [-0.05, 0) is 177 Å². The van der Waals surface area contributed by atoms with Gasteiger partial charge in [-0.1, -0.05) is 291 Å². The van der Waals surface area contributed by atoms with Crippen molar-refractivity contribution in [3.05, 3.63) is 0 Å². The maximum Gasteiger partial charge on any atom is 0.391 e. The van der Waals surface area contributed by atoms with Crippen LogP contribution in [0.4, 0.5) is 52.7 Å². The summed E-state index contributed by atoms with van der Waals surface area (Å²) in [7, 11) is 0. The van der Waals surface area contributed by atoms with Crippen LogP contribution in [0.3, 0.4) is 0 Å². The van der Waals surface area contributed by atoms with Crippen LogP contribution in [0.2, 0.25) is 0 Å². The Morgan fingerprint density at radius 1 is 0.348 bits per heavy atom. The molecular formula is C80H160F12. The first-order chi connectivity index (χ1) is 41.7. The quantitative estimate of drug-likeness (QED) is 0.223. The van der Waals surface area contributed by atoms with E-state index in [0.717, 1.165) is 54.3 Å². The minimum absolute atomic E-state index is 0.170. The smallest absolute Gasteiger partial charge is 0.171 e. The van der Waals surface area contributed by atoms with Crippen molar-refractivity contribution in [3.63, 3.8) is 0 Å². The molecule has 6 fully saturated rings. The lowest BCUT2D eigenvalue weighted by Crippen LogP contribution is -2.43. The van der Waals surface area contributed by atoms with E-state index in [0.29, 0.717) is 34.5 Å². The van der Waals surface area contributed by atoms with Crippen LogP contribution in [-0.2, 0) is 0 Å². The van der Waals surface area contributed by atoms with Crippen LogP contribution in [0.1, 0.15) is 406 Å². The molecule has 6 saturated carbocycles. The van der Waals surface area contributed by atoms with Gasteiger partial charge in [0, 0.05) is 18.8 Å². The Bertz CT molecular complexity index is 1540. The fourth-order valence-corrected chi connectivity index (χ4v) is 12.9. The van der Waals surface area contributed by atoms with E-state index in [2.05, 4.69) is 132 Å². The van der Waals surface area contributed by atoms with Crippen molar-refractivity contribution in [3.8, 4) is 0 Å². The molecule has 6 aliphatic carbocycles. The summed E-state index contributed by atoms with van der Waals surface area (Å²) in [5.74, 6) is 1.93. The van der Waals surface area contributed by atoms with Gasteiger partial charge in [0.15, 0.2) is 0 Å². The molecule has 0 N–H and O–H groups in total. The summed E-state index contributed by atoms with van der Waals surface area (Å²) in [5.41, 5.74) is 4.14. The fourth-order valence-electron chi connectivity index (χ4n) is 12.9. The van der Waals surface area contributed by atoms with Gasteiger partial charge in [0.25, 0.3) is 0 Å². The Morgan fingerprint density at radius 3 is 0.772 bits per heavy atom. The minimum Gasteiger partial charge on any atom is -0.171 e. The maximum atomic E-state index is 11.5. The number of unbranched alkanes of at least 4 members (excludes halogenated alkanes) is 1. The van der Waals surface area contributed by atoms with Gasteiger partial charge in [-0.15, -0.1) is 0 Å². The largest absolute Gasteiger partial charge is 0.391 e. The molecule has 0 saturated heterocycles. The lowest BCUT2D eigenvalue weighted by Gasteiger charge is -2.54. The Kier molecular flexibility index (Phi) is 57.0. The van der Waals surface area contributed by atoms with E-state index in [4.69, 9.17) is 0 Å². The molecule has 0 aromatic carbocycles. The standard InChI is InChI=1S/C16H30.C14H26.C11H20.2C6H11F3.C5H9F3.C5H12.C4H7F3.2C4H10.C3H8.C2H6/c1-13-6-8-16(9-7-13)11-14(2,3)10-15(4,5)12-16;1-12-4-6-14(7-5-12)10-8-13(2,3)9-11-14;1-10-4-8-11(9-5-10)6-2-3-7-11;2*1-3-5(2)4-6(7,8)9;1-3-4(2)5(6,7)8;1-4-5(2)3;1-3(2)4(5,6)7;1-4(2)3;1-3-4-2;1-3-2;1-2/h13H,6-12H2,1-5H3;12H,4-11H2,1-3H3;10H,2-9H2,1H3;2*5H,3-4H2,1-2H3;4H,3H2,1-2H3;5H,4H2,1-3H3;3H,1-2H3;4H,1-3H3;3-4H2,1-2H3;3H2,1-2H3;1-2H3/t;;;2*5-;;;;;;;/m...00......./s1. The average molecular weight is 1350 g/mol. The molecule has 0 aliphatic heterocycles. The molecule has 3 atom stereocenters. The van der Waals surface area contributed by atoms with Crippen LogP contribution in [0.15, 0.2) is 0 Å². The van der Waals surface area contributed by atoms with Crippen LogP contribution >= 0.6 is 0 Å². The Hall–Kier alpha value is -0.840. The number of hydrogen-bond acceptors (Lipinski definition) is 0. The van der Waals surface area contributed by atoms with E-state index < -0.39 is 49.4 Å². The molecule has 0 heterocycles. The monoisotopic (exact) mass is 1350 g/mol. The van der Waals surface area contributed by atoms with Gasteiger partial charge in [0.05, 0.1) is 5.92 Å². The third-order valence-electron chi connectivity index (χ3n) is 19.7. The van der Waals surface area contributed by atoms with Gasteiger partial charge in [-0.25, -0.2) is 0 Å². The molecule has 92 heavy (non-hydrogen) atoms. The van der Waals surface area contributed by atoms with Crippen molar-refractivity contribution in [1.82, 2.24) is 0 Å². The van der Waals surface area contributed by atoms with Crippen LogP contribution < -0.4 is 0 Å². The minimum atomic E-state index is -4.00. The van der Waals surface area contributed by atoms with Crippen molar-refractivity contribution < 1.29 is 52.7 Å². The Labute approximate surface area is 567 Å². The molecule has 0 aromatic rings. The molecule has 564 valence electrons.